The highest BCUT2D eigenvalue weighted by atomic mass is 19.1. The second-order valence-corrected chi connectivity index (χ2v) is 6.72. The van der Waals surface area contributed by atoms with E-state index in [2.05, 4.69) is 20.6 Å². The molecule has 0 unspecified atom stereocenters. The number of piperidine rings is 1. The zero-order chi connectivity index (χ0) is 18.6. The predicted octanol–water partition coefficient (Wildman–Crippen LogP) is 3.25. The van der Waals surface area contributed by atoms with Crippen LogP contribution in [0.15, 0.2) is 36.7 Å². The maximum absolute atomic E-state index is 14.1. The first-order chi connectivity index (χ1) is 13.2. The molecule has 1 aromatic carbocycles. The van der Waals surface area contributed by atoms with Gasteiger partial charge in [0.1, 0.15) is 5.52 Å². The van der Waals surface area contributed by atoms with Crippen molar-refractivity contribution in [2.24, 2.45) is 5.92 Å². The Kier molecular flexibility index (Phi) is 5.11. The molecule has 2 aromatic heterocycles. The van der Waals surface area contributed by atoms with Gasteiger partial charge < -0.3 is 15.4 Å². The van der Waals surface area contributed by atoms with Gasteiger partial charge in [-0.25, -0.2) is 14.4 Å². The molecule has 2 N–H and O–H groups in total. The summed E-state index contributed by atoms with van der Waals surface area (Å²) >= 11 is 0. The van der Waals surface area contributed by atoms with Crippen molar-refractivity contribution in [2.45, 2.75) is 12.8 Å². The van der Waals surface area contributed by atoms with Gasteiger partial charge in [0, 0.05) is 24.5 Å². The molecule has 6 nitrogen and oxygen atoms in total. The monoisotopic (exact) mass is 367 g/mol. The molecule has 0 bridgehead atoms. The Bertz CT molecular complexity index is 943. The molecule has 1 fully saturated rings. The normalized spacial score (nSPS) is 17.0. The number of pyridine rings is 1. The van der Waals surface area contributed by atoms with Gasteiger partial charge >= 0.3 is 0 Å². The van der Waals surface area contributed by atoms with Gasteiger partial charge in [-0.15, -0.1) is 0 Å². The van der Waals surface area contributed by atoms with Crippen LogP contribution in [0.3, 0.4) is 0 Å². The lowest BCUT2D eigenvalue weighted by molar-refractivity contribution is 0.386. The van der Waals surface area contributed by atoms with E-state index in [1.807, 2.05) is 6.07 Å². The number of rotatable bonds is 5. The molecule has 7 heteroatoms. The number of aromatic nitrogens is 3. The van der Waals surface area contributed by atoms with E-state index in [1.165, 1.54) is 26.0 Å². The third-order valence-electron chi connectivity index (χ3n) is 4.86. The Morgan fingerprint density at radius 1 is 1.26 bits per heavy atom. The van der Waals surface area contributed by atoms with Gasteiger partial charge in [0.15, 0.2) is 17.4 Å². The number of nitrogens with one attached hydrogen (secondary N) is 2. The number of ether oxygens (including phenoxy) is 1. The Labute approximate surface area is 157 Å². The van der Waals surface area contributed by atoms with Crippen LogP contribution in [0, 0.1) is 11.7 Å². The molecular weight excluding hydrogens is 345 g/mol. The summed E-state index contributed by atoms with van der Waals surface area (Å²) in [4.78, 5) is 13.5. The van der Waals surface area contributed by atoms with Gasteiger partial charge in [0.2, 0.25) is 0 Å². The van der Waals surface area contributed by atoms with Crippen LogP contribution in [0.1, 0.15) is 12.8 Å². The number of hydrogen-bond donors (Lipinski definition) is 2. The Balaban J connectivity index is 1.68. The summed E-state index contributed by atoms with van der Waals surface area (Å²) in [5.74, 6) is 1.02. The van der Waals surface area contributed by atoms with Crippen LogP contribution in [0.25, 0.3) is 22.3 Å². The zero-order valence-corrected chi connectivity index (χ0v) is 15.2. The predicted molar refractivity (Wildman–Crippen MR) is 103 cm³/mol. The van der Waals surface area contributed by atoms with E-state index in [0.717, 1.165) is 30.7 Å². The Hall–Kier alpha value is -2.80. The number of methoxy groups -OCH3 is 1. The van der Waals surface area contributed by atoms with Crippen LogP contribution < -0.4 is 15.4 Å². The van der Waals surface area contributed by atoms with Crippen LogP contribution in [-0.2, 0) is 0 Å². The van der Waals surface area contributed by atoms with E-state index in [0.29, 0.717) is 23.0 Å². The van der Waals surface area contributed by atoms with Gasteiger partial charge in [-0.3, -0.25) is 4.98 Å². The minimum Gasteiger partial charge on any atom is -0.494 e. The Morgan fingerprint density at radius 2 is 2.15 bits per heavy atom. The molecule has 3 aromatic rings. The average Bonchev–Trinajstić information content (AvgIpc) is 2.72. The van der Waals surface area contributed by atoms with Gasteiger partial charge in [0.05, 0.1) is 18.3 Å². The van der Waals surface area contributed by atoms with E-state index in [-0.39, 0.29) is 5.75 Å². The molecule has 0 radical (unpaired) electrons. The van der Waals surface area contributed by atoms with Gasteiger partial charge in [-0.05, 0) is 56.1 Å². The summed E-state index contributed by atoms with van der Waals surface area (Å²) in [5, 5.41) is 6.85. The lowest BCUT2D eigenvalue weighted by atomic mass is 10.00. The fourth-order valence-electron chi connectivity index (χ4n) is 3.41. The lowest BCUT2D eigenvalue weighted by Gasteiger charge is -2.23. The third-order valence-corrected chi connectivity index (χ3v) is 4.86. The van der Waals surface area contributed by atoms with Crippen molar-refractivity contribution in [2.75, 3.05) is 32.1 Å². The van der Waals surface area contributed by atoms with Crippen LogP contribution in [0.4, 0.5) is 10.2 Å². The molecule has 1 aliphatic heterocycles. The summed E-state index contributed by atoms with van der Waals surface area (Å²) < 4.78 is 19.1. The third kappa shape index (κ3) is 3.83. The standard InChI is InChI=1S/C20H22FN5O/c1-27-18-5-4-14(9-15(18)21)16-10-17-19(24-8-7-23-17)20(26-16)25-12-13-3-2-6-22-11-13/h4-5,7-10,13,22H,2-3,6,11-12H2,1H3,(H,25,26)/t13-/m0/s1. The SMILES string of the molecule is COc1ccc(-c2cc3nccnc3c(NC[C@H]3CCCNC3)n2)cc1F. The van der Waals surface area contributed by atoms with Gasteiger partial charge in [0.25, 0.3) is 0 Å². The fourth-order valence-corrected chi connectivity index (χ4v) is 3.41. The largest absolute Gasteiger partial charge is 0.494 e. The average molecular weight is 367 g/mol. The highest BCUT2D eigenvalue weighted by Gasteiger charge is 2.15. The molecule has 4 rings (SSSR count). The maximum atomic E-state index is 14.1. The number of anilines is 1. The Morgan fingerprint density at radius 3 is 2.93 bits per heavy atom. The van der Waals surface area contributed by atoms with Crippen molar-refractivity contribution in [1.29, 1.82) is 0 Å². The van der Waals surface area contributed by atoms with E-state index in [9.17, 15) is 4.39 Å². The van der Waals surface area contributed by atoms with Crippen molar-refractivity contribution < 1.29 is 9.13 Å². The smallest absolute Gasteiger partial charge is 0.165 e. The van der Waals surface area contributed by atoms with Crippen LogP contribution >= 0.6 is 0 Å². The molecule has 0 spiro atoms. The minimum absolute atomic E-state index is 0.211. The first kappa shape index (κ1) is 17.6. The minimum atomic E-state index is -0.418. The molecule has 3 heterocycles. The van der Waals surface area contributed by atoms with Gasteiger partial charge in [-0.2, -0.15) is 0 Å². The number of nitrogens with zero attached hydrogens (tertiary/aromatic N) is 3. The van der Waals surface area contributed by atoms with E-state index in [1.54, 1.807) is 24.5 Å². The van der Waals surface area contributed by atoms with Gasteiger partial charge in [-0.1, -0.05) is 0 Å². The summed E-state index contributed by atoms with van der Waals surface area (Å²) in [6.45, 7) is 2.90. The first-order valence-corrected chi connectivity index (χ1v) is 9.15. The zero-order valence-electron chi connectivity index (χ0n) is 15.2. The quantitative estimate of drug-likeness (QED) is 0.721. The van der Waals surface area contributed by atoms with Crippen molar-refractivity contribution in [3.8, 4) is 17.0 Å². The number of hydrogen-bond acceptors (Lipinski definition) is 6. The maximum Gasteiger partial charge on any atom is 0.165 e. The molecule has 1 saturated heterocycles. The van der Waals surface area contributed by atoms with Crippen molar-refractivity contribution in [3.63, 3.8) is 0 Å². The summed E-state index contributed by atoms with van der Waals surface area (Å²) in [6, 6.07) is 6.66. The molecule has 1 aliphatic rings. The first-order valence-electron chi connectivity index (χ1n) is 9.15. The molecule has 27 heavy (non-hydrogen) atoms. The molecule has 140 valence electrons. The number of halogens is 1. The number of fused-ring (bicyclic) bond motifs is 1. The van der Waals surface area contributed by atoms with E-state index >= 15 is 0 Å². The van der Waals surface area contributed by atoms with Crippen molar-refractivity contribution in [3.05, 3.63) is 42.5 Å². The number of benzene rings is 1. The molecule has 0 aliphatic carbocycles. The summed E-state index contributed by atoms with van der Waals surface area (Å²) in [6.07, 6.45) is 5.68. The second kappa shape index (κ2) is 7.84. The van der Waals surface area contributed by atoms with Crippen molar-refractivity contribution >= 4 is 16.9 Å². The van der Waals surface area contributed by atoms with Crippen LogP contribution in [-0.4, -0.2) is 41.7 Å². The lowest BCUT2D eigenvalue weighted by Crippen LogP contribution is -2.33. The van der Waals surface area contributed by atoms with E-state index < -0.39 is 5.82 Å². The molecular formula is C20H22FN5O. The van der Waals surface area contributed by atoms with Crippen molar-refractivity contribution in [1.82, 2.24) is 20.3 Å². The fraction of sp³-hybridized carbons (Fsp3) is 0.350. The van der Waals surface area contributed by atoms with Crippen LogP contribution in [0.5, 0.6) is 5.75 Å². The summed E-state index contributed by atoms with van der Waals surface area (Å²) in [7, 11) is 1.45. The molecule has 0 saturated carbocycles. The van der Waals surface area contributed by atoms with Crippen LogP contribution in [0.2, 0.25) is 0 Å². The summed E-state index contributed by atoms with van der Waals surface area (Å²) in [5.41, 5.74) is 2.76. The second-order valence-electron chi connectivity index (χ2n) is 6.72. The highest BCUT2D eigenvalue weighted by Crippen LogP contribution is 2.28. The topological polar surface area (TPSA) is 72.0 Å². The molecule has 0 amide bonds. The highest BCUT2D eigenvalue weighted by molar-refractivity contribution is 5.88. The van der Waals surface area contributed by atoms with E-state index in [4.69, 9.17) is 9.72 Å². The molecule has 1 atom stereocenters.